The quantitative estimate of drug-likeness (QED) is 0.380. The Morgan fingerprint density at radius 2 is 2.10 bits per heavy atom. The normalized spacial score (nSPS) is 11.7. The van der Waals surface area contributed by atoms with E-state index in [-0.39, 0.29) is 16.5 Å². The number of aliphatic imine (C=N–C) groups is 1. The van der Waals surface area contributed by atoms with Crippen LogP contribution in [-0.2, 0) is 11.0 Å². The molecule has 0 saturated heterocycles. The summed E-state index contributed by atoms with van der Waals surface area (Å²) in [4.78, 5) is 15.0. The summed E-state index contributed by atoms with van der Waals surface area (Å²) in [5, 5.41) is 13.3. The van der Waals surface area contributed by atoms with E-state index in [4.69, 9.17) is 5.26 Å². The topological polar surface area (TPSA) is 77.3 Å². The van der Waals surface area contributed by atoms with Gasteiger partial charge in [-0.3, -0.25) is 10.1 Å². The number of amidine groups is 1. The lowest BCUT2D eigenvalue weighted by atomic mass is 10.1. The molecule has 112 valence electrons. The molecule has 0 aliphatic carbocycles. The van der Waals surface area contributed by atoms with E-state index in [1.54, 1.807) is 12.4 Å². The number of alkyl halides is 3. The fourth-order valence-electron chi connectivity index (χ4n) is 1.38. The second kappa shape index (κ2) is 6.99. The van der Waals surface area contributed by atoms with Crippen molar-refractivity contribution in [3.63, 3.8) is 0 Å². The Balaban J connectivity index is 3.35. The number of amides is 1. The Morgan fingerprint density at radius 1 is 1.43 bits per heavy atom. The predicted octanol–water partition coefficient (Wildman–Crippen LogP) is 3.08. The number of rotatable bonds is 2. The van der Waals surface area contributed by atoms with Gasteiger partial charge < -0.3 is 5.32 Å². The van der Waals surface area contributed by atoms with Crippen LogP contribution >= 0.6 is 11.8 Å². The van der Waals surface area contributed by atoms with E-state index in [1.165, 1.54) is 6.92 Å². The molecule has 5 nitrogen and oxygen atoms in total. The number of nitrogens with one attached hydrogen (secondary N) is 2. The second-order valence-electron chi connectivity index (χ2n) is 3.77. The van der Waals surface area contributed by atoms with E-state index in [0.717, 1.165) is 30.0 Å². The summed E-state index contributed by atoms with van der Waals surface area (Å²) in [6, 6.07) is 2.77. The molecule has 1 amide bonds. The molecular formula is C12H11F3N4OS. The summed E-state index contributed by atoms with van der Waals surface area (Å²) < 4.78 is 38.2. The fourth-order valence-corrected chi connectivity index (χ4v) is 1.72. The molecule has 0 unspecified atom stereocenters. The third-order valence-electron chi connectivity index (χ3n) is 2.21. The van der Waals surface area contributed by atoms with Gasteiger partial charge in [0.05, 0.1) is 16.9 Å². The average molecular weight is 316 g/mol. The number of carbonyl (C=O) groups is 1. The largest absolute Gasteiger partial charge is 0.416 e. The van der Waals surface area contributed by atoms with Crippen LogP contribution in [0.1, 0.15) is 12.5 Å². The number of hydrogen-bond donors (Lipinski definition) is 2. The van der Waals surface area contributed by atoms with Crippen LogP contribution in [0, 0.1) is 11.5 Å². The number of benzene rings is 1. The van der Waals surface area contributed by atoms with Gasteiger partial charge in [0.1, 0.15) is 0 Å². The monoisotopic (exact) mass is 316 g/mol. The van der Waals surface area contributed by atoms with Crippen LogP contribution in [0.5, 0.6) is 0 Å². The molecule has 0 aliphatic rings. The highest BCUT2D eigenvalue weighted by Gasteiger charge is 2.31. The molecule has 1 aromatic rings. The van der Waals surface area contributed by atoms with Crippen LogP contribution in [0.3, 0.4) is 0 Å². The van der Waals surface area contributed by atoms with Gasteiger partial charge in [0.2, 0.25) is 5.91 Å². The molecule has 1 aromatic carbocycles. The van der Waals surface area contributed by atoms with Gasteiger partial charge in [-0.15, -0.1) is 0 Å². The summed E-state index contributed by atoms with van der Waals surface area (Å²) in [6.07, 6.45) is -1.29. The minimum absolute atomic E-state index is 0.0906. The van der Waals surface area contributed by atoms with E-state index < -0.39 is 17.6 Å². The van der Waals surface area contributed by atoms with Crippen LogP contribution in [0.2, 0.25) is 0 Å². The predicted molar refractivity (Wildman–Crippen MR) is 75.1 cm³/mol. The molecule has 9 heteroatoms. The van der Waals surface area contributed by atoms with Crippen molar-refractivity contribution in [2.45, 2.75) is 13.1 Å². The van der Waals surface area contributed by atoms with Gasteiger partial charge in [0.15, 0.2) is 11.4 Å². The molecule has 0 heterocycles. The molecule has 0 atom stereocenters. The van der Waals surface area contributed by atoms with Crippen molar-refractivity contribution in [1.29, 1.82) is 5.26 Å². The average Bonchev–Trinajstić information content (AvgIpc) is 2.38. The minimum atomic E-state index is -4.53. The zero-order valence-electron chi connectivity index (χ0n) is 11.1. The molecule has 0 fully saturated rings. The van der Waals surface area contributed by atoms with Crippen LogP contribution in [0.15, 0.2) is 23.2 Å². The minimum Gasteiger partial charge on any atom is -0.324 e. The van der Waals surface area contributed by atoms with Crippen molar-refractivity contribution in [2.75, 3.05) is 11.6 Å². The van der Waals surface area contributed by atoms with Gasteiger partial charge in [0, 0.05) is 6.92 Å². The van der Waals surface area contributed by atoms with E-state index in [2.05, 4.69) is 15.6 Å². The Morgan fingerprint density at radius 3 is 2.57 bits per heavy atom. The zero-order valence-corrected chi connectivity index (χ0v) is 11.9. The first kappa shape index (κ1) is 16.8. The number of carbonyl (C=O) groups excluding carboxylic acids is 1. The molecule has 0 radical (unpaired) electrons. The van der Waals surface area contributed by atoms with E-state index in [1.807, 2.05) is 0 Å². The Hall–Kier alpha value is -2.21. The molecule has 21 heavy (non-hydrogen) atoms. The third kappa shape index (κ3) is 5.00. The zero-order chi connectivity index (χ0) is 16.0. The van der Waals surface area contributed by atoms with Gasteiger partial charge in [-0.25, -0.2) is 4.99 Å². The SMILES string of the molecule is CSC(=Nc1cc(C(F)(F)F)ccc1NC(C)=O)NC#N. The number of halogens is 3. The fraction of sp³-hybridized carbons (Fsp3) is 0.250. The molecule has 0 aromatic heterocycles. The number of nitrogens with zero attached hydrogens (tertiary/aromatic N) is 2. The summed E-state index contributed by atoms with van der Waals surface area (Å²) in [5.41, 5.74) is -0.860. The van der Waals surface area contributed by atoms with Crippen molar-refractivity contribution in [3.8, 4) is 6.19 Å². The van der Waals surface area contributed by atoms with Gasteiger partial charge in [-0.05, 0) is 24.5 Å². The van der Waals surface area contributed by atoms with Gasteiger partial charge in [-0.2, -0.15) is 18.4 Å². The first-order chi connectivity index (χ1) is 9.77. The highest BCUT2D eigenvalue weighted by Crippen LogP contribution is 2.35. The van der Waals surface area contributed by atoms with Crippen LogP contribution in [0.4, 0.5) is 24.5 Å². The number of nitriles is 1. The lowest BCUT2D eigenvalue weighted by molar-refractivity contribution is -0.137. The number of anilines is 1. The summed E-state index contributed by atoms with van der Waals surface area (Å²) in [6.45, 7) is 1.23. The van der Waals surface area contributed by atoms with Crippen LogP contribution in [-0.4, -0.2) is 17.3 Å². The maximum absolute atomic E-state index is 12.7. The lowest BCUT2D eigenvalue weighted by Crippen LogP contribution is -2.13. The summed E-state index contributed by atoms with van der Waals surface area (Å²) in [7, 11) is 0. The second-order valence-corrected chi connectivity index (χ2v) is 4.56. The van der Waals surface area contributed by atoms with Gasteiger partial charge in [-0.1, -0.05) is 11.8 Å². The smallest absolute Gasteiger partial charge is 0.324 e. The maximum Gasteiger partial charge on any atom is 0.416 e. The van der Waals surface area contributed by atoms with E-state index in [0.29, 0.717) is 0 Å². The molecule has 2 N–H and O–H groups in total. The van der Waals surface area contributed by atoms with E-state index >= 15 is 0 Å². The number of hydrogen-bond acceptors (Lipinski definition) is 4. The molecule has 0 aliphatic heterocycles. The molecule has 0 bridgehead atoms. The Bertz CT molecular complexity index is 608. The first-order valence-corrected chi connectivity index (χ1v) is 6.77. The Kier molecular flexibility index (Phi) is 5.60. The molecule has 1 rings (SSSR count). The maximum atomic E-state index is 12.7. The van der Waals surface area contributed by atoms with Crippen LogP contribution in [0.25, 0.3) is 0 Å². The first-order valence-electron chi connectivity index (χ1n) is 5.54. The van der Waals surface area contributed by atoms with Crippen molar-refractivity contribution in [1.82, 2.24) is 5.32 Å². The Labute approximate surface area is 123 Å². The number of thioether (sulfide) groups is 1. The molecule has 0 spiro atoms. The standard InChI is InChI=1S/C12H11F3N4OS/c1-7(20)18-9-4-3-8(12(13,14)15)5-10(9)19-11(21-2)17-6-16/h3-5H,1-2H3,(H,17,19)(H,18,20). The van der Waals surface area contributed by atoms with Crippen molar-refractivity contribution < 1.29 is 18.0 Å². The van der Waals surface area contributed by atoms with Gasteiger partial charge in [0.25, 0.3) is 0 Å². The molecular weight excluding hydrogens is 305 g/mol. The van der Waals surface area contributed by atoms with E-state index in [9.17, 15) is 18.0 Å². The molecule has 0 saturated carbocycles. The summed E-state index contributed by atoms with van der Waals surface area (Å²) >= 11 is 1.05. The summed E-state index contributed by atoms with van der Waals surface area (Å²) in [5.74, 6) is -0.440. The highest BCUT2D eigenvalue weighted by molar-refractivity contribution is 8.13. The van der Waals surface area contributed by atoms with Crippen molar-refractivity contribution in [3.05, 3.63) is 23.8 Å². The van der Waals surface area contributed by atoms with Crippen molar-refractivity contribution in [2.24, 2.45) is 4.99 Å². The lowest BCUT2D eigenvalue weighted by Gasteiger charge is -2.12. The highest BCUT2D eigenvalue weighted by atomic mass is 32.2. The van der Waals surface area contributed by atoms with Crippen LogP contribution < -0.4 is 10.6 Å². The van der Waals surface area contributed by atoms with Gasteiger partial charge >= 0.3 is 6.18 Å². The third-order valence-corrected chi connectivity index (χ3v) is 2.79. The van der Waals surface area contributed by atoms with Crippen molar-refractivity contribution >= 4 is 34.2 Å².